The standard InChI is InChI=1S/C18H28N2O.ClH/c1-14-7-6-8-16(13-14)17-9-4-3-5-12-20(17)18(21)11-10-15(2)19;/h6-8,13,15,17H,3-5,9-12,19H2,1-2H3;1H. The Morgan fingerprint density at radius 1 is 1.36 bits per heavy atom. The zero-order valence-corrected chi connectivity index (χ0v) is 14.6. The molecular weight excluding hydrogens is 296 g/mol. The third kappa shape index (κ3) is 5.29. The molecule has 124 valence electrons. The Kier molecular flexibility index (Phi) is 7.91. The van der Waals surface area contributed by atoms with Crippen molar-refractivity contribution >= 4 is 18.3 Å². The van der Waals surface area contributed by atoms with Crippen molar-refractivity contribution in [1.29, 1.82) is 0 Å². The molecule has 1 fully saturated rings. The summed E-state index contributed by atoms with van der Waals surface area (Å²) in [7, 11) is 0. The smallest absolute Gasteiger partial charge is 0.223 e. The quantitative estimate of drug-likeness (QED) is 0.910. The van der Waals surface area contributed by atoms with Crippen LogP contribution in [0.25, 0.3) is 0 Å². The van der Waals surface area contributed by atoms with Gasteiger partial charge in [0.05, 0.1) is 6.04 Å². The molecule has 0 spiro atoms. The van der Waals surface area contributed by atoms with E-state index >= 15 is 0 Å². The average Bonchev–Trinajstić information content (AvgIpc) is 2.70. The van der Waals surface area contributed by atoms with Crippen molar-refractivity contribution in [3.8, 4) is 0 Å². The van der Waals surface area contributed by atoms with E-state index in [9.17, 15) is 4.79 Å². The highest BCUT2D eigenvalue weighted by Gasteiger charge is 2.26. The van der Waals surface area contributed by atoms with Crippen LogP contribution in [0.5, 0.6) is 0 Å². The number of amides is 1. The number of benzene rings is 1. The summed E-state index contributed by atoms with van der Waals surface area (Å²) < 4.78 is 0. The second-order valence-electron chi connectivity index (χ2n) is 6.38. The fourth-order valence-electron chi connectivity index (χ4n) is 3.13. The van der Waals surface area contributed by atoms with Gasteiger partial charge in [0.1, 0.15) is 0 Å². The molecule has 22 heavy (non-hydrogen) atoms. The van der Waals surface area contributed by atoms with Gasteiger partial charge in [0, 0.05) is 19.0 Å². The maximum Gasteiger partial charge on any atom is 0.223 e. The molecule has 0 aromatic heterocycles. The highest BCUT2D eigenvalue weighted by Crippen LogP contribution is 2.31. The van der Waals surface area contributed by atoms with Crippen LogP contribution in [-0.2, 0) is 4.79 Å². The van der Waals surface area contributed by atoms with Gasteiger partial charge in [-0.15, -0.1) is 12.4 Å². The van der Waals surface area contributed by atoms with Crippen molar-refractivity contribution in [2.45, 2.75) is 64.5 Å². The molecule has 0 radical (unpaired) electrons. The van der Waals surface area contributed by atoms with E-state index in [1.807, 2.05) is 6.92 Å². The van der Waals surface area contributed by atoms with E-state index in [0.717, 1.165) is 25.8 Å². The molecule has 4 heteroatoms. The molecule has 0 saturated carbocycles. The van der Waals surface area contributed by atoms with Crippen LogP contribution >= 0.6 is 12.4 Å². The summed E-state index contributed by atoms with van der Waals surface area (Å²) >= 11 is 0. The maximum atomic E-state index is 12.6. The molecule has 1 amide bonds. The van der Waals surface area contributed by atoms with Crippen LogP contribution in [0.15, 0.2) is 24.3 Å². The van der Waals surface area contributed by atoms with Gasteiger partial charge in [-0.05, 0) is 38.7 Å². The van der Waals surface area contributed by atoms with Crippen LogP contribution in [0.2, 0.25) is 0 Å². The molecule has 1 aromatic rings. The number of aryl methyl sites for hydroxylation is 1. The minimum absolute atomic E-state index is 0. The number of hydrogen-bond acceptors (Lipinski definition) is 2. The van der Waals surface area contributed by atoms with Gasteiger partial charge in [-0.1, -0.05) is 42.7 Å². The molecule has 1 saturated heterocycles. The number of carbonyl (C=O) groups excluding carboxylic acids is 1. The minimum atomic E-state index is 0. The zero-order chi connectivity index (χ0) is 15.2. The van der Waals surface area contributed by atoms with Gasteiger partial charge in [-0.25, -0.2) is 0 Å². The van der Waals surface area contributed by atoms with Crippen LogP contribution < -0.4 is 5.73 Å². The maximum absolute atomic E-state index is 12.6. The SMILES string of the molecule is Cc1cccc(C2CCCCCN2C(=O)CCC(C)N)c1.Cl. The molecule has 1 aromatic carbocycles. The summed E-state index contributed by atoms with van der Waals surface area (Å²) in [6.07, 6.45) is 5.96. The zero-order valence-electron chi connectivity index (χ0n) is 13.8. The van der Waals surface area contributed by atoms with E-state index in [4.69, 9.17) is 5.73 Å². The van der Waals surface area contributed by atoms with Crippen molar-refractivity contribution < 1.29 is 4.79 Å². The van der Waals surface area contributed by atoms with Crippen molar-refractivity contribution in [2.75, 3.05) is 6.54 Å². The fourth-order valence-corrected chi connectivity index (χ4v) is 3.13. The van der Waals surface area contributed by atoms with E-state index in [1.54, 1.807) is 0 Å². The third-order valence-corrected chi connectivity index (χ3v) is 4.31. The molecule has 2 N–H and O–H groups in total. The van der Waals surface area contributed by atoms with Crippen molar-refractivity contribution in [1.82, 2.24) is 4.90 Å². The Hall–Kier alpha value is -1.06. The molecule has 3 nitrogen and oxygen atoms in total. The van der Waals surface area contributed by atoms with Gasteiger partial charge in [-0.2, -0.15) is 0 Å². The molecule has 0 aliphatic carbocycles. The Labute approximate surface area is 140 Å². The Balaban J connectivity index is 0.00000242. The molecular formula is C18H29ClN2O. The summed E-state index contributed by atoms with van der Waals surface area (Å²) in [5.74, 6) is 0.265. The molecule has 2 atom stereocenters. The molecule has 1 heterocycles. The van der Waals surface area contributed by atoms with E-state index < -0.39 is 0 Å². The summed E-state index contributed by atoms with van der Waals surface area (Å²) in [5, 5.41) is 0. The summed E-state index contributed by atoms with van der Waals surface area (Å²) in [6.45, 7) is 4.96. The van der Waals surface area contributed by atoms with Crippen LogP contribution in [0.3, 0.4) is 0 Å². The van der Waals surface area contributed by atoms with Crippen molar-refractivity contribution in [2.24, 2.45) is 5.73 Å². The molecule has 1 aliphatic heterocycles. The number of hydrogen-bond donors (Lipinski definition) is 1. The number of rotatable bonds is 4. The predicted octanol–water partition coefficient (Wildman–Crippen LogP) is 3.99. The highest BCUT2D eigenvalue weighted by molar-refractivity contribution is 5.85. The largest absolute Gasteiger partial charge is 0.336 e. The van der Waals surface area contributed by atoms with Gasteiger partial charge < -0.3 is 10.6 Å². The topological polar surface area (TPSA) is 46.3 Å². The van der Waals surface area contributed by atoms with Gasteiger partial charge >= 0.3 is 0 Å². The first-order chi connectivity index (χ1) is 10.1. The normalized spacial score (nSPS) is 20.0. The molecule has 2 rings (SSSR count). The van der Waals surface area contributed by atoms with E-state index in [1.165, 1.54) is 24.0 Å². The Bertz CT molecular complexity index is 476. The Morgan fingerprint density at radius 2 is 2.14 bits per heavy atom. The van der Waals surface area contributed by atoms with E-state index in [2.05, 4.69) is 36.1 Å². The number of likely N-dealkylation sites (tertiary alicyclic amines) is 1. The molecule has 1 aliphatic rings. The van der Waals surface area contributed by atoms with Crippen molar-refractivity contribution in [3.05, 3.63) is 35.4 Å². The molecule has 2 unspecified atom stereocenters. The van der Waals surface area contributed by atoms with E-state index in [-0.39, 0.29) is 30.4 Å². The van der Waals surface area contributed by atoms with Crippen LogP contribution in [-0.4, -0.2) is 23.4 Å². The highest BCUT2D eigenvalue weighted by atomic mass is 35.5. The average molecular weight is 325 g/mol. The van der Waals surface area contributed by atoms with Gasteiger partial charge in [0.15, 0.2) is 0 Å². The summed E-state index contributed by atoms with van der Waals surface area (Å²) in [4.78, 5) is 14.7. The fraction of sp³-hybridized carbons (Fsp3) is 0.611. The van der Waals surface area contributed by atoms with Gasteiger partial charge in [0.2, 0.25) is 5.91 Å². The lowest BCUT2D eigenvalue weighted by Crippen LogP contribution is -2.35. The number of halogens is 1. The summed E-state index contributed by atoms with van der Waals surface area (Å²) in [5.41, 5.74) is 8.34. The van der Waals surface area contributed by atoms with Crippen LogP contribution in [0, 0.1) is 6.92 Å². The first-order valence-electron chi connectivity index (χ1n) is 8.19. The summed E-state index contributed by atoms with van der Waals surface area (Å²) in [6, 6.07) is 8.94. The van der Waals surface area contributed by atoms with E-state index in [0.29, 0.717) is 6.42 Å². The minimum Gasteiger partial charge on any atom is -0.336 e. The first-order valence-corrected chi connectivity index (χ1v) is 8.19. The van der Waals surface area contributed by atoms with Crippen LogP contribution in [0.4, 0.5) is 0 Å². The Morgan fingerprint density at radius 3 is 2.82 bits per heavy atom. The lowest BCUT2D eigenvalue weighted by atomic mass is 9.98. The number of nitrogens with two attached hydrogens (primary N) is 1. The number of carbonyl (C=O) groups is 1. The number of nitrogens with zero attached hydrogens (tertiary/aromatic N) is 1. The lowest BCUT2D eigenvalue weighted by Gasteiger charge is -2.31. The predicted molar refractivity (Wildman–Crippen MR) is 94.2 cm³/mol. The van der Waals surface area contributed by atoms with Crippen molar-refractivity contribution in [3.63, 3.8) is 0 Å². The lowest BCUT2D eigenvalue weighted by molar-refractivity contribution is -0.133. The second kappa shape index (κ2) is 9.16. The van der Waals surface area contributed by atoms with Gasteiger partial charge in [-0.3, -0.25) is 4.79 Å². The molecule has 0 bridgehead atoms. The monoisotopic (exact) mass is 324 g/mol. The van der Waals surface area contributed by atoms with Gasteiger partial charge in [0.25, 0.3) is 0 Å². The third-order valence-electron chi connectivity index (χ3n) is 4.31. The van der Waals surface area contributed by atoms with Crippen LogP contribution in [0.1, 0.15) is 62.6 Å². The second-order valence-corrected chi connectivity index (χ2v) is 6.38. The first kappa shape index (κ1) is 19.0.